The van der Waals surface area contributed by atoms with Crippen LogP contribution in [0.15, 0.2) is 77.8 Å². The number of fused-ring (bicyclic) bond motifs is 1. The van der Waals surface area contributed by atoms with E-state index in [1.807, 2.05) is 36.4 Å². The molecule has 3 amide bonds. The summed E-state index contributed by atoms with van der Waals surface area (Å²) in [6.07, 6.45) is -1.32. The van der Waals surface area contributed by atoms with Crippen LogP contribution in [-0.2, 0) is 4.79 Å². The first kappa shape index (κ1) is 19.3. The number of amides is 3. The van der Waals surface area contributed by atoms with Crippen molar-refractivity contribution in [1.29, 1.82) is 0 Å². The smallest absolute Gasteiger partial charge is 0.321 e. The van der Waals surface area contributed by atoms with Gasteiger partial charge < -0.3 is 16.0 Å². The fraction of sp³-hybridized carbons (Fsp3) is 0.0455. The van der Waals surface area contributed by atoms with Crippen LogP contribution in [0.3, 0.4) is 0 Å². The molecule has 1 atom stereocenters. The molecule has 3 aromatic carbocycles. The lowest BCUT2D eigenvalue weighted by molar-refractivity contribution is -0.117. The number of aliphatic imine (C=N–C) groups is 1. The summed E-state index contributed by atoms with van der Waals surface area (Å²) in [6, 6.07) is 18.5. The van der Waals surface area contributed by atoms with Crippen molar-refractivity contribution in [3.8, 4) is 0 Å². The Kier molecular flexibility index (Phi) is 5.21. The van der Waals surface area contributed by atoms with Gasteiger partial charge in [0.05, 0.1) is 11.4 Å². The lowest BCUT2D eigenvalue weighted by atomic mass is 10.0. The van der Waals surface area contributed by atoms with Crippen LogP contribution < -0.4 is 16.0 Å². The number of carbonyl (C=O) groups excluding carboxylic acids is 2. The highest BCUT2D eigenvalue weighted by molar-refractivity contribution is 6.19. The standard InChI is InChI=1S/C22H16F2N4O2/c23-15-10-6-11-16(24)19(15)27-22(30)28-20-21(29)25-17-12-5-4-9-14(17)18(26-20)13-7-2-1-3-8-13/h1-12,20H,(H,25,29)(H2,27,28,30). The second kappa shape index (κ2) is 8.12. The Morgan fingerprint density at radius 3 is 2.30 bits per heavy atom. The monoisotopic (exact) mass is 406 g/mol. The summed E-state index contributed by atoms with van der Waals surface area (Å²) < 4.78 is 27.6. The first-order valence-electron chi connectivity index (χ1n) is 9.08. The summed E-state index contributed by atoms with van der Waals surface area (Å²) >= 11 is 0. The van der Waals surface area contributed by atoms with Crippen molar-refractivity contribution in [3.63, 3.8) is 0 Å². The van der Waals surface area contributed by atoms with Crippen molar-refractivity contribution in [2.75, 3.05) is 10.6 Å². The number of hydrogen-bond donors (Lipinski definition) is 3. The molecule has 1 heterocycles. The first-order valence-corrected chi connectivity index (χ1v) is 9.08. The first-order chi connectivity index (χ1) is 14.5. The van der Waals surface area contributed by atoms with Gasteiger partial charge >= 0.3 is 6.03 Å². The Hall–Kier alpha value is -4.07. The molecule has 0 saturated heterocycles. The highest BCUT2D eigenvalue weighted by Gasteiger charge is 2.27. The van der Waals surface area contributed by atoms with E-state index in [0.717, 1.165) is 17.7 Å². The maximum Gasteiger partial charge on any atom is 0.321 e. The number of rotatable bonds is 3. The third-order valence-corrected chi connectivity index (χ3v) is 4.46. The van der Waals surface area contributed by atoms with Gasteiger partial charge in [-0.15, -0.1) is 0 Å². The van der Waals surface area contributed by atoms with Crippen molar-refractivity contribution >= 4 is 29.0 Å². The predicted molar refractivity (Wildman–Crippen MR) is 109 cm³/mol. The summed E-state index contributed by atoms with van der Waals surface area (Å²) in [5, 5.41) is 7.18. The van der Waals surface area contributed by atoms with Crippen molar-refractivity contribution in [2.24, 2.45) is 4.99 Å². The van der Waals surface area contributed by atoms with Gasteiger partial charge in [-0.3, -0.25) is 4.79 Å². The molecule has 0 aromatic heterocycles. The van der Waals surface area contributed by atoms with Gasteiger partial charge in [-0.05, 0) is 18.2 Å². The zero-order chi connectivity index (χ0) is 21.1. The van der Waals surface area contributed by atoms with Gasteiger partial charge in [0.25, 0.3) is 5.91 Å². The number of halogens is 2. The second-order valence-corrected chi connectivity index (χ2v) is 6.48. The maximum absolute atomic E-state index is 13.8. The molecule has 0 spiro atoms. The van der Waals surface area contributed by atoms with Gasteiger partial charge in [0.15, 0.2) is 0 Å². The van der Waals surface area contributed by atoms with Gasteiger partial charge in [0, 0.05) is 11.1 Å². The van der Waals surface area contributed by atoms with Crippen LogP contribution in [0.1, 0.15) is 11.1 Å². The van der Waals surface area contributed by atoms with Gasteiger partial charge in [-0.25, -0.2) is 18.6 Å². The second-order valence-electron chi connectivity index (χ2n) is 6.48. The van der Waals surface area contributed by atoms with Gasteiger partial charge in [0.1, 0.15) is 17.3 Å². The number of nitrogens with one attached hydrogen (secondary N) is 3. The number of carbonyl (C=O) groups is 2. The Morgan fingerprint density at radius 2 is 1.57 bits per heavy atom. The average Bonchev–Trinajstić information content (AvgIpc) is 2.88. The van der Waals surface area contributed by atoms with E-state index in [0.29, 0.717) is 17.0 Å². The summed E-state index contributed by atoms with van der Waals surface area (Å²) in [4.78, 5) is 29.5. The minimum absolute atomic E-state index is 0.493. The number of benzodiazepines with no additional fused rings is 1. The van der Waals surface area contributed by atoms with E-state index in [1.165, 1.54) is 6.07 Å². The molecule has 0 fully saturated rings. The van der Waals surface area contributed by atoms with E-state index in [-0.39, 0.29) is 0 Å². The Balaban J connectivity index is 1.66. The summed E-state index contributed by atoms with van der Waals surface area (Å²) in [7, 11) is 0. The molecule has 1 unspecified atom stereocenters. The van der Waals surface area contributed by atoms with E-state index in [9.17, 15) is 18.4 Å². The number of hydrogen-bond acceptors (Lipinski definition) is 3. The number of benzene rings is 3. The van der Waals surface area contributed by atoms with Crippen molar-refractivity contribution < 1.29 is 18.4 Å². The Bertz CT molecular complexity index is 1130. The largest absolute Gasteiger partial charge is 0.322 e. The van der Waals surface area contributed by atoms with Gasteiger partial charge in [-0.2, -0.15) is 0 Å². The average molecular weight is 406 g/mol. The SMILES string of the molecule is O=C(Nc1c(F)cccc1F)NC1N=C(c2ccccc2)c2ccccc2NC1=O. The number of anilines is 2. The van der Waals surface area contributed by atoms with E-state index in [4.69, 9.17) is 0 Å². The number of para-hydroxylation sites is 2. The molecule has 0 bridgehead atoms. The van der Waals surface area contributed by atoms with Crippen LogP contribution >= 0.6 is 0 Å². The molecule has 8 heteroatoms. The van der Waals surface area contributed by atoms with Crippen LogP contribution in [0.25, 0.3) is 0 Å². The van der Waals surface area contributed by atoms with Gasteiger partial charge in [0.2, 0.25) is 6.17 Å². The summed E-state index contributed by atoms with van der Waals surface area (Å²) in [5.74, 6) is -2.45. The van der Waals surface area contributed by atoms with Crippen LogP contribution in [0, 0.1) is 11.6 Å². The Labute approximate surface area is 170 Å². The van der Waals surface area contributed by atoms with Crippen LogP contribution in [0.4, 0.5) is 25.0 Å². The molecule has 1 aliphatic rings. The summed E-state index contributed by atoms with van der Waals surface area (Å²) in [5.41, 5.74) is 1.84. The van der Waals surface area contributed by atoms with Crippen LogP contribution in [-0.4, -0.2) is 23.8 Å². The quantitative estimate of drug-likeness (QED) is 0.617. The zero-order valence-electron chi connectivity index (χ0n) is 15.5. The minimum Gasteiger partial charge on any atom is -0.322 e. The number of nitrogens with zero attached hydrogens (tertiary/aromatic N) is 1. The molecule has 0 aliphatic carbocycles. The van der Waals surface area contributed by atoms with E-state index in [1.54, 1.807) is 18.2 Å². The third kappa shape index (κ3) is 3.88. The van der Waals surface area contributed by atoms with Crippen molar-refractivity contribution in [3.05, 3.63) is 95.6 Å². The molecule has 0 saturated carbocycles. The molecular weight excluding hydrogens is 390 g/mol. The lowest BCUT2D eigenvalue weighted by Crippen LogP contribution is -2.44. The molecule has 4 rings (SSSR count). The highest BCUT2D eigenvalue weighted by Crippen LogP contribution is 2.24. The van der Waals surface area contributed by atoms with Crippen molar-refractivity contribution in [2.45, 2.75) is 6.17 Å². The maximum atomic E-state index is 13.8. The fourth-order valence-electron chi connectivity index (χ4n) is 3.07. The molecule has 3 N–H and O–H groups in total. The summed E-state index contributed by atoms with van der Waals surface area (Å²) in [6.45, 7) is 0. The van der Waals surface area contributed by atoms with Crippen molar-refractivity contribution in [1.82, 2.24) is 5.32 Å². The number of urea groups is 1. The molecular formula is C22H16F2N4O2. The van der Waals surface area contributed by atoms with Crippen LogP contribution in [0.2, 0.25) is 0 Å². The molecule has 0 radical (unpaired) electrons. The topological polar surface area (TPSA) is 82.6 Å². The molecule has 150 valence electrons. The highest BCUT2D eigenvalue weighted by atomic mass is 19.1. The zero-order valence-corrected chi connectivity index (χ0v) is 15.5. The van der Waals surface area contributed by atoms with E-state index < -0.39 is 35.4 Å². The molecule has 3 aromatic rings. The fourth-order valence-corrected chi connectivity index (χ4v) is 3.07. The minimum atomic E-state index is -1.32. The van der Waals surface area contributed by atoms with Gasteiger partial charge in [-0.1, -0.05) is 54.6 Å². The van der Waals surface area contributed by atoms with E-state index in [2.05, 4.69) is 20.9 Å². The molecule has 30 heavy (non-hydrogen) atoms. The van der Waals surface area contributed by atoms with Crippen LogP contribution in [0.5, 0.6) is 0 Å². The lowest BCUT2D eigenvalue weighted by Gasteiger charge is -2.14. The Morgan fingerprint density at radius 1 is 0.900 bits per heavy atom. The third-order valence-electron chi connectivity index (χ3n) is 4.46. The van der Waals surface area contributed by atoms with E-state index >= 15 is 0 Å². The normalized spacial score (nSPS) is 15.3. The molecule has 6 nitrogen and oxygen atoms in total. The predicted octanol–water partition coefficient (Wildman–Crippen LogP) is 3.90. The molecule has 1 aliphatic heterocycles.